The van der Waals surface area contributed by atoms with Crippen LogP contribution < -0.4 is 5.73 Å². The normalized spacial score (nSPS) is 14.9. The molecule has 19 heavy (non-hydrogen) atoms. The third-order valence-electron chi connectivity index (χ3n) is 4.08. The number of rotatable bonds is 8. The van der Waals surface area contributed by atoms with E-state index in [1.54, 1.807) is 0 Å². The largest absolute Gasteiger partial charge is 0.327 e. The van der Waals surface area contributed by atoms with Crippen LogP contribution in [0.15, 0.2) is 30.3 Å². The van der Waals surface area contributed by atoms with E-state index in [4.69, 9.17) is 5.73 Å². The van der Waals surface area contributed by atoms with Crippen LogP contribution in [0.1, 0.15) is 39.2 Å². The number of nitrogens with zero attached hydrogens (tertiary/aromatic N) is 1. The molecule has 1 rings (SSSR count). The summed E-state index contributed by atoms with van der Waals surface area (Å²) in [5, 5.41) is 0. The van der Waals surface area contributed by atoms with Gasteiger partial charge in [-0.05, 0) is 44.3 Å². The molecule has 0 aliphatic heterocycles. The van der Waals surface area contributed by atoms with Gasteiger partial charge in [0.2, 0.25) is 0 Å². The van der Waals surface area contributed by atoms with Gasteiger partial charge in [-0.25, -0.2) is 0 Å². The lowest BCUT2D eigenvalue weighted by atomic mass is 10.00. The first-order valence-corrected chi connectivity index (χ1v) is 7.54. The van der Waals surface area contributed by atoms with Crippen molar-refractivity contribution in [3.05, 3.63) is 35.9 Å². The SMILES string of the molecule is CCC(Cc1ccccc1)N(C)CCC(N)C(C)C. The van der Waals surface area contributed by atoms with Gasteiger partial charge in [-0.15, -0.1) is 0 Å². The predicted molar refractivity (Wildman–Crippen MR) is 84.3 cm³/mol. The Morgan fingerprint density at radius 3 is 2.32 bits per heavy atom. The Morgan fingerprint density at radius 2 is 1.79 bits per heavy atom. The van der Waals surface area contributed by atoms with E-state index in [-0.39, 0.29) is 0 Å². The summed E-state index contributed by atoms with van der Waals surface area (Å²) in [4.78, 5) is 2.47. The standard InChI is InChI=1S/C17H30N2/c1-5-16(13-15-9-7-6-8-10-15)19(4)12-11-17(18)14(2)3/h6-10,14,16-17H,5,11-13,18H2,1-4H3. The van der Waals surface area contributed by atoms with Crippen molar-refractivity contribution in [2.45, 2.75) is 52.1 Å². The maximum absolute atomic E-state index is 6.13. The summed E-state index contributed by atoms with van der Waals surface area (Å²) in [6.07, 6.45) is 3.40. The third kappa shape index (κ3) is 5.75. The minimum absolute atomic E-state index is 0.316. The molecule has 1 aromatic rings. The Kier molecular flexibility index (Phi) is 7.11. The molecule has 0 fully saturated rings. The van der Waals surface area contributed by atoms with Crippen LogP contribution in [0.2, 0.25) is 0 Å². The van der Waals surface area contributed by atoms with Gasteiger partial charge in [0.05, 0.1) is 0 Å². The first-order valence-electron chi connectivity index (χ1n) is 7.54. The second kappa shape index (κ2) is 8.34. The summed E-state index contributed by atoms with van der Waals surface area (Å²) < 4.78 is 0. The Balaban J connectivity index is 2.45. The maximum atomic E-state index is 6.13. The Morgan fingerprint density at radius 1 is 1.16 bits per heavy atom. The molecule has 0 radical (unpaired) electrons. The monoisotopic (exact) mass is 262 g/mol. The highest BCUT2D eigenvalue weighted by molar-refractivity contribution is 5.15. The molecule has 0 bridgehead atoms. The van der Waals surface area contributed by atoms with Crippen LogP contribution in [0.25, 0.3) is 0 Å². The molecule has 0 aromatic heterocycles. The summed E-state index contributed by atoms with van der Waals surface area (Å²) in [5.41, 5.74) is 7.56. The molecule has 0 saturated carbocycles. The molecule has 2 unspecified atom stereocenters. The first kappa shape index (κ1) is 16.2. The lowest BCUT2D eigenvalue weighted by Crippen LogP contribution is -2.37. The molecule has 2 atom stereocenters. The van der Waals surface area contributed by atoms with Gasteiger partial charge in [-0.2, -0.15) is 0 Å². The molecule has 0 saturated heterocycles. The predicted octanol–water partition coefficient (Wildman–Crippen LogP) is 3.31. The summed E-state index contributed by atoms with van der Waals surface area (Å²) in [7, 11) is 2.23. The van der Waals surface area contributed by atoms with Crippen LogP contribution in [0, 0.1) is 5.92 Å². The zero-order chi connectivity index (χ0) is 14.3. The van der Waals surface area contributed by atoms with Gasteiger partial charge in [-0.3, -0.25) is 0 Å². The lowest BCUT2D eigenvalue weighted by Gasteiger charge is -2.29. The van der Waals surface area contributed by atoms with E-state index in [1.165, 1.54) is 12.0 Å². The summed E-state index contributed by atoms with van der Waals surface area (Å²) >= 11 is 0. The van der Waals surface area contributed by atoms with E-state index in [2.05, 4.69) is 63.1 Å². The zero-order valence-electron chi connectivity index (χ0n) is 13.0. The van der Waals surface area contributed by atoms with E-state index in [1.807, 2.05) is 0 Å². The quantitative estimate of drug-likeness (QED) is 0.779. The summed E-state index contributed by atoms with van der Waals surface area (Å²) in [5.74, 6) is 0.572. The number of nitrogens with two attached hydrogens (primary N) is 1. The molecular weight excluding hydrogens is 232 g/mol. The third-order valence-corrected chi connectivity index (χ3v) is 4.08. The van der Waals surface area contributed by atoms with Crippen molar-refractivity contribution in [2.75, 3.05) is 13.6 Å². The minimum Gasteiger partial charge on any atom is -0.327 e. The molecule has 0 heterocycles. The van der Waals surface area contributed by atoms with Crippen molar-refractivity contribution in [1.82, 2.24) is 4.90 Å². The van der Waals surface area contributed by atoms with Crippen molar-refractivity contribution in [3.8, 4) is 0 Å². The molecule has 2 nitrogen and oxygen atoms in total. The molecule has 0 aliphatic carbocycles. The Labute approximate surface area is 119 Å². The highest BCUT2D eigenvalue weighted by Gasteiger charge is 2.15. The van der Waals surface area contributed by atoms with Gasteiger partial charge in [0.15, 0.2) is 0 Å². The van der Waals surface area contributed by atoms with Gasteiger partial charge in [-0.1, -0.05) is 51.1 Å². The number of hydrogen-bond acceptors (Lipinski definition) is 2. The van der Waals surface area contributed by atoms with Crippen LogP contribution in [0.4, 0.5) is 0 Å². The van der Waals surface area contributed by atoms with Crippen molar-refractivity contribution < 1.29 is 0 Å². The average Bonchev–Trinajstić information content (AvgIpc) is 2.42. The summed E-state index contributed by atoms with van der Waals surface area (Å²) in [6, 6.07) is 11.7. The van der Waals surface area contributed by atoms with Gasteiger partial charge < -0.3 is 10.6 Å². The zero-order valence-corrected chi connectivity index (χ0v) is 13.0. The fraction of sp³-hybridized carbons (Fsp3) is 0.647. The first-order chi connectivity index (χ1) is 9.04. The minimum atomic E-state index is 0.316. The van der Waals surface area contributed by atoms with Crippen LogP contribution >= 0.6 is 0 Å². The second-order valence-electron chi connectivity index (χ2n) is 5.93. The van der Waals surface area contributed by atoms with E-state index >= 15 is 0 Å². The molecule has 1 aromatic carbocycles. The van der Waals surface area contributed by atoms with Crippen LogP contribution in [0.3, 0.4) is 0 Å². The van der Waals surface area contributed by atoms with Crippen LogP contribution in [0.5, 0.6) is 0 Å². The second-order valence-corrected chi connectivity index (χ2v) is 5.93. The average molecular weight is 262 g/mol. The van der Waals surface area contributed by atoms with E-state index in [9.17, 15) is 0 Å². The molecule has 0 spiro atoms. The van der Waals surface area contributed by atoms with E-state index in [0.717, 1.165) is 19.4 Å². The fourth-order valence-electron chi connectivity index (χ4n) is 2.37. The van der Waals surface area contributed by atoms with Crippen molar-refractivity contribution in [1.29, 1.82) is 0 Å². The van der Waals surface area contributed by atoms with Crippen LogP contribution in [-0.2, 0) is 6.42 Å². The smallest absolute Gasteiger partial charge is 0.0130 e. The number of benzene rings is 1. The molecule has 2 heteroatoms. The lowest BCUT2D eigenvalue weighted by molar-refractivity contribution is 0.220. The van der Waals surface area contributed by atoms with Gasteiger partial charge in [0.25, 0.3) is 0 Å². The van der Waals surface area contributed by atoms with Crippen LogP contribution in [-0.4, -0.2) is 30.6 Å². The molecule has 2 N–H and O–H groups in total. The van der Waals surface area contributed by atoms with Gasteiger partial charge in [0, 0.05) is 12.1 Å². The highest BCUT2D eigenvalue weighted by Crippen LogP contribution is 2.12. The van der Waals surface area contributed by atoms with E-state index in [0.29, 0.717) is 18.0 Å². The molecule has 108 valence electrons. The number of likely N-dealkylation sites (N-methyl/N-ethyl adjacent to an activating group) is 1. The Bertz CT molecular complexity index is 334. The number of hydrogen-bond donors (Lipinski definition) is 1. The molecule has 0 amide bonds. The molecular formula is C17H30N2. The maximum Gasteiger partial charge on any atom is 0.0130 e. The van der Waals surface area contributed by atoms with E-state index < -0.39 is 0 Å². The Hall–Kier alpha value is -0.860. The van der Waals surface area contributed by atoms with Crippen molar-refractivity contribution in [2.24, 2.45) is 11.7 Å². The highest BCUT2D eigenvalue weighted by atomic mass is 15.1. The van der Waals surface area contributed by atoms with Crippen molar-refractivity contribution in [3.63, 3.8) is 0 Å². The van der Waals surface area contributed by atoms with Gasteiger partial charge >= 0.3 is 0 Å². The summed E-state index contributed by atoms with van der Waals surface area (Å²) in [6.45, 7) is 7.76. The topological polar surface area (TPSA) is 29.3 Å². The molecule has 0 aliphatic rings. The van der Waals surface area contributed by atoms with Crippen molar-refractivity contribution >= 4 is 0 Å². The fourth-order valence-corrected chi connectivity index (χ4v) is 2.37. The van der Waals surface area contributed by atoms with Gasteiger partial charge in [0.1, 0.15) is 0 Å².